The number of fused-ring (bicyclic) bond motifs is 2. The second-order valence-corrected chi connectivity index (χ2v) is 11.2. The Kier molecular flexibility index (Phi) is 6.88. The van der Waals surface area contributed by atoms with Gasteiger partial charge in [-0.1, -0.05) is 19.3 Å². The van der Waals surface area contributed by atoms with Crippen LogP contribution in [0, 0.1) is 0 Å². The molecule has 218 valence electrons. The van der Waals surface area contributed by atoms with E-state index in [1.54, 1.807) is 9.20 Å². The van der Waals surface area contributed by atoms with Crippen LogP contribution >= 0.6 is 0 Å². The van der Waals surface area contributed by atoms with E-state index in [9.17, 15) is 10.2 Å². The van der Waals surface area contributed by atoms with Gasteiger partial charge in [-0.2, -0.15) is 10.2 Å². The molecule has 1 aliphatic carbocycles. The first-order valence-electron chi connectivity index (χ1n) is 14.4. The first-order chi connectivity index (χ1) is 20.4. The Hall–Kier alpha value is -4.26. The molecule has 0 bridgehead atoms. The molecule has 0 radical (unpaired) electrons. The number of hydrogen-bond acceptors (Lipinski definition) is 10. The highest BCUT2D eigenvalue weighted by molar-refractivity contribution is 5.87. The molecule has 5 aromatic rings. The molecule has 2 fully saturated rings. The van der Waals surface area contributed by atoms with Crippen LogP contribution in [0.2, 0.25) is 0 Å². The predicted molar refractivity (Wildman–Crippen MR) is 157 cm³/mol. The third kappa shape index (κ3) is 4.91. The highest BCUT2D eigenvalue weighted by atomic mass is 16.6. The van der Waals surface area contributed by atoms with Crippen molar-refractivity contribution in [1.29, 1.82) is 0 Å². The number of benzene rings is 1. The standard InChI is InChI=1S/C30H34N8O4/c1-37-12-11-21(36-37)20-14-23(38-26(20)30(31)32-16-33-38)29-28(40)27(39)24(42-29)15-41-19-9-7-17-8-10-25(35-22(17)13-19)34-18-5-3-2-4-6-18/h7-14,16,18,24,27-29,39-40H,2-6,15H2,1H3,(H,34,35)(H2,31,32,33)/t24-,27-,28-,29+/m1/s1. The fraction of sp³-hybridized carbons (Fsp3) is 0.400. The van der Waals surface area contributed by atoms with E-state index in [1.165, 1.54) is 38.4 Å². The number of aliphatic hydroxyl groups is 2. The normalized spacial score (nSPS) is 23.1. The van der Waals surface area contributed by atoms with Crippen molar-refractivity contribution in [3.05, 3.63) is 60.7 Å². The molecule has 42 heavy (non-hydrogen) atoms. The maximum Gasteiger partial charge on any atom is 0.152 e. The number of ether oxygens (including phenoxy) is 2. The third-order valence-electron chi connectivity index (χ3n) is 8.29. The Morgan fingerprint density at radius 1 is 1.07 bits per heavy atom. The molecule has 0 unspecified atom stereocenters. The van der Waals surface area contributed by atoms with Gasteiger partial charge in [0.25, 0.3) is 0 Å². The monoisotopic (exact) mass is 570 g/mol. The van der Waals surface area contributed by atoms with Gasteiger partial charge >= 0.3 is 0 Å². The topological polar surface area (TPSA) is 158 Å². The molecule has 5 N–H and O–H groups in total. The molecule has 0 spiro atoms. The molecule has 1 saturated carbocycles. The second-order valence-electron chi connectivity index (χ2n) is 11.2. The van der Waals surface area contributed by atoms with Gasteiger partial charge in [0.15, 0.2) is 5.82 Å². The van der Waals surface area contributed by atoms with Crippen LogP contribution < -0.4 is 15.8 Å². The van der Waals surface area contributed by atoms with Crippen LogP contribution in [0.25, 0.3) is 27.7 Å². The Bertz CT molecular complexity index is 1730. The Balaban J connectivity index is 1.09. The third-order valence-corrected chi connectivity index (χ3v) is 8.29. The molecule has 4 atom stereocenters. The Labute approximate surface area is 242 Å². The van der Waals surface area contributed by atoms with Gasteiger partial charge in [0.2, 0.25) is 0 Å². The molecule has 1 aliphatic heterocycles. The molecular formula is C30H34N8O4. The maximum atomic E-state index is 11.0. The Morgan fingerprint density at radius 2 is 1.90 bits per heavy atom. The summed E-state index contributed by atoms with van der Waals surface area (Å²) in [7, 11) is 1.83. The Morgan fingerprint density at radius 3 is 2.71 bits per heavy atom. The van der Waals surface area contributed by atoms with Crippen LogP contribution in [0.15, 0.2) is 55.0 Å². The lowest BCUT2D eigenvalue weighted by molar-refractivity contribution is -0.0187. The summed E-state index contributed by atoms with van der Waals surface area (Å²) in [5.41, 5.74) is 9.50. The van der Waals surface area contributed by atoms with Crippen molar-refractivity contribution in [2.75, 3.05) is 17.7 Å². The number of rotatable bonds is 7. The van der Waals surface area contributed by atoms with E-state index in [0.717, 1.165) is 16.7 Å². The fourth-order valence-corrected chi connectivity index (χ4v) is 6.08. The summed E-state index contributed by atoms with van der Waals surface area (Å²) in [4.78, 5) is 8.95. The minimum absolute atomic E-state index is 0.0355. The summed E-state index contributed by atoms with van der Waals surface area (Å²) in [6.45, 7) is 0.0355. The summed E-state index contributed by atoms with van der Waals surface area (Å²) in [6.07, 6.45) is 5.27. The average molecular weight is 571 g/mol. The lowest BCUT2D eigenvalue weighted by atomic mass is 9.95. The molecule has 1 aromatic carbocycles. The summed E-state index contributed by atoms with van der Waals surface area (Å²) in [5.74, 6) is 1.73. The molecule has 4 aromatic heterocycles. The first kappa shape index (κ1) is 26.6. The second kappa shape index (κ2) is 10.9. The quantitative estimate of drug-likeness (QED) is 0.229. The van der Waals surface area contributed by atoms with Gasteiger partial charge in [0.05, 0.1) is 16.9 Å². The van der Waals surface area contributed by atoms with Gasteiger partial charge in [0.1, 0.15) is 54.4 Å². The van der Waals surface area contributed by atoms with Crippen molar-refractivity contribution in [1.82, 2.24) is 29.4 Å². The maximum absolute atomic E-state index is 11.0. The number of anilines is 2. The molecule has 0 amide bonds. The van der Waals surface area contributed by atoms with Gasteiger partial charge in [-0.15, -0.1) is 0 Å². The van der Waals surface area contributed by atoms with Crippen molar-refractivity contribution in [2.24, 2.45) is 7.05 Å². The lowest BCUT2D eigenvalue weighted by Crippen LogP contribution is -2.34. The van der Waals surface area contributed by atoms with E-state index in [1.807, 2.05) is 49.6 Å². The highest BCUT2D eigenvalue weighted by Gasteiger charge is 2.45. The number of nitrogens with zero attached hydrogens (tertiary/aromatic N) is 6. The number of nitrogens with two attached hydrogens (primary N) is 1. The molecule has 12 nitrogen and oxygen atoms in total. The number of aromatic nitrogens is 6. The SMILES string of the molecule is Cn1ccc(-c2cc([C@@H]3O[C@H](COc4ccc5ccc(NC6CCCCC6)nc5c4)[C@@H](O)[C@H]3O)n3ncnc(N)c23)n1. The number of pyridine rings is 1. The van der Waals surface area contributed by atoms with Crippen LogP contribution in [0.3, 0.4) is 0 Å². The van der Waals surface area contributed by atoms with Gasteiger partial charge in [-0.25, -0.2) is 14.5 Å². The van der Waals surface area contributed by atoms with E-state index < -0.39 is 24.4 Å². The number of nitrogen functional groups attached to an aromatic ring is 1. The molecule has 1 saturated heterocycles. The van der Waals surface area contributed by atoms with Crippen LogP contribution in [0.1, 0.15) is 43.9 Å². The molecular weight excluding hydrogens is 536 g/mol. The van der Waals surface area contributed by atoms with Crippen LogP contribution in [-0.4, -0.2) is 70.5 Å². The zero-order valence-electron chi connectivity index (χ0n) is 23.3. The van der Waals surface area contributed by atoms with E-state index >= 15 is 0 Å². The summed E-state index contributed by atoms with van der Waals surface area (Å²) in [5, 5.41) is 35.4. The largest absolute Gasteiger partial charge is 0.491 e. The molecule has 2 aliphatic rings. The summed E-state index contributed by atoms with van der Waals surface area (Å²) < 4.78 is 15.5. The van der Waals surface area contributed by atoms with Crippen molar-refractivity contribution in [3.63, 3.8) is 0 Å². The van der Waals surface area contributed by atoms with Crippen molar-refractivity contribution >= 4 is 28.1 Å². The minimum Gasteiger partial charge on any atom is -0.491 e. The predicted octanol–water partition coefficient (Wildman–Crippen LogP) is 3.25. The van der Waals surface area contributed by atoms with E-state index in [2.05, 4.69) is 26.6 Å². The number of aliphatic hydroxyl groups excluding tert-OH is 2. The zero-order valence-corrected chi connectivity index (χ0v) is 23.3. The first-order valence-corrected chi connectivity index (χ1v) is 14.4. The smallest absolute Gasteiger partial charge is 0.152 e. The van der Waals surface area contributed by atoms with Crippen molar-refractivity contribution in [2.45, 2.75) is 62.6 Å². The van der Waals surface area contributed by atoms with Crippen molar-refractivity contribution < 1.29 is 19.7 Å². The number of nitrogens with one attached hydrogen (secondary N) is 1. The molecule has 5 heterocycles. The fourth-order valence-electron chi connectivity index (χ4n) is 6.08. The number of hydrogen-bond donors (Lipinski definition) is 4. The lowest BCUT2D eigenvalue weighted by Gasteiger charge is -2.23. The van der Waals surface area contributed by atoms with Crippen LogP contribution in [0.4, 0.5) is 11.6 Å². The van der Waals surface area contributed by atoms with E-state index in [4.69, 9.17) is 20.2 Å². The van der Waals surface area contributed by atoms with Crippen LogP contribution in [0.5, 0.6) is 5.75 Å². The molecule has 7 rings (SSSR count). The van der Waals surface area contributed by atoms with Crippen LogP contribution in [-0.2, 0) is 11.8 Å². The van der Waals surface area contributed by atoms with E-state index in [-0.39, 0.29) is 12.4 Å². The summed E-state index contributed by atoms with van der Waals surface area (Å²) in [6, 6.07) is 13.9. The highest BCUT2D eigenvalue weighted by Crippen LogP contribution is 2.39. The summed E-state index contributed by atoms with van der Waals surface area (Å²) >= 11 is 0. The van der Waals surface area contributed by atoms with Gasteiger partial charge in [-0.05, 0) is 49.2 Å². The van der Waals surface area contributed by atoms with Gasteiger partial charge in [0, 0.05) is 36.3 Å². The minimum atomic E-state index is -1.21. The van der Waals surface area contributed by atoms with Gasteiger partial charge < -0.3 is 30.7 Å². The molecule has 12 heteroatoms. The number of aryl methyl sites for hydroxylation is 1. The van der Waals surface area contributed by atoms with Gasteiger partial charge in [-0.3, -0.25) is 4.68 Å². The van der Waals surface area contributed by atoms with Crippen molar-refractivity contribution in [3.8, 4) is 17.0 Å². The zero-order chi connectivity index (χ0) is 28.8. The van der Waals surface area contributed by atoms with E-state index in [0.29, 0.717) is 34.3 Å². The average Bonchev–Trinajstić information content (AvgIpc) is 3.68.